The van der Waals surface area contributed by atoms with Crippen LogP contribution in [-0.2, 0) is 16.6 Å². The van der Waals surface area contributed by atoms with E-state index in [4.69, 9.17) is 0 Å². The van der Waals surface area contributed by atoms with Gasteiger partial charge in [0.1, 0.15) is 4.90 Å². The van der Waals surface area contributed by atoms with Gasteiger partial charge in [0.25, 0.3) is 10.0 Å². The number of anilines is 1. The molecule has 0 amide bonds. The average Bonchev–Trinajstić information content (AvgIpc) is 2.83. The Kier molecular flexibility index (Phi) is 4.70. The number of aliphatic hydroxyl groups excluding tert-OH is 1. The molecule has 0 saturated carbocycles. The molecule has 1 heterocycles. The Morgan fingerprint density at radius 1 is 1.19 bits per heavy atom. The van der Waals surface area contributed by atoms with Crippen molar-refractivity contribution in [3.8, 4) is 0 Å². The summed E-state index contributed by atoms with van der Waals surface area (Å²) in [5.41, 5.74) is 1.74. The second-order valence-corrected chi connectivity index (χ2v) is 7.97. The van der Waals surface area contributed by atoms with Crippen LogP contribution in [0.15, 0.2) is 35.2 Å². The highest BCUT2D eigenvalue weighted by atomic mass is 32.2. The second-order valence-electron chi connectivity index (χ2n) is 4.80. The molecular formula is C15H19NO3S2. The van der Waals surface area contributed by atoms with Crippen molar-refractivity contribution in [2.45, 2.75) is 32.3 Å². The van der Waals surface area contributed by atoms with Crippen LogP contribution in [0.25, 0.3) is 0 Å². The summed E-state index contributed by atoms with van der Waals surface area (Å²) in [5.74, 6) is 0. The fourth-order valence-electron chi connectivity index (χ4n) is 2.18. The van der Waals surface area contributed by atoms with Crippen LogP contribution < -0.4 is 4.31 Å². The van der Waals surface area contributed by atoms with E-state index in [1.807, 2.05) is 38.1 Å². The predicted molar refractivity (Wildman–Crippen MR) is 86.4 cm³/mol. The van der Waals surface area contributed by atoms with Gasteiger partial charge in [0.2, 0.25) is 0 Å². The smallest absolute Gasteiger partial charge is 0.265 e. The standard InChI is InChI=1S/C15H19NO3S2/c1-4-16(13-7-5-11(2)6-8-13)21(18,19)15-9-14(10-17)20-12(15)3/h5-9,17H,4,10H2,1-3H3. The molecule has 0 radical (unpaired) electrons. The summed E-state index contributed by atoms with van der Waals surface area (Å²) >= 11 is 1.31. The lowest BCUT2D eigenvalue weighted by atomic mass is 10.2. The Labute approximate surface area is 129 Å². The van der Waals surface area contributed by atoms with E-state index in [1.54, 1.807) is 13.0 Å². The van der Waals surface area contributed by atoms with Gasteiger partial charge >= 0.3 is 0 Å². The summed E-state index contributed by atoms with van der Waals surface area (Å²) in [4.78, 5) is 1.63. The Morgan fingerprint density at radius 3 is 2.29 bits per heavy atom. The SMILES string of the molecule is CCN(c1ccc(C)cc1)S(=O)(=O)c1cc(CO)sc1C. The van der Waals surface area contributed by atoms with Crippen molar-refractivity contribution in [1.29, 1.82) is 0 Å². The summed E-state index contributed by atoms with van der Waals surface area (Å²) < 4.78 is 27.1. The molecule has 2 aromatic rings. The molecule has 0 aliphatic carbocycles. The Hall–Kier alpha value is -1.37. The monoisotopic (exact) mass is 325 g/mol. The van der Waals surface area contributed by atoms with Gasteiger partial charge in [0.05, 0.1) is 12.3 Å². The van der Waals surface area contributed by atoms with Crippen molar-refractivity contribution in [3.63, 3.8) is 0 Å². The lowest BCUT2D eigenvalue weighted by Crippen LogP contribution is -2.30. The van der Waals surface area contributed by atoms with E-state index in [-0.39, 0.29) is 11.5 Å². The number of benzene rings is 1. The van der Waals surface area contributed by atoms with E-state index in [9.17, 15) is 13.5 Å². The average molecular weight is 325 g/mol. The maximum Gasteiger partial charge on any atom is 0.265 e. The van der Waals surface area contributed by atoms with Gasteiger partial charge < -0.3 is 5.11 Å². The highest BCUT2D eigenvalue weighted by Gasteiger charge is 2.27. The molecule has 114 valence electrons. The quantitative estimate of drug-likeness (QED) is 0.919. The first-order valence-electron chi connectivity index (χ1n) is 6.69. The van der Waals surface area contributed by atoms with Crippen molar-refractivity contribution < 1.29 is 13.5 Å². The van der Waals surface area contributed by atoms with Crippen LogP contribution >= 0.6 is 11.3 Å². The van der Waals surface area contributed by atoms with Crippen LogP contribution in [0.4, 0.5) is 5.69 Å². The van der Waals surface area contributed by atoms with Gasteiger partial charge in [0.15, 0.2) is 0 Å². The lowest BCUT2D eigenvalue weighted by Gasteiger charge is -2.23. The van der Waals surface area contributed by atoms with E-state index < -0.39 is 10.0 Å². The Morgan fingerprint density at radius 2 is 1.81 bits per heavy atom. The number of hydrogen-bond acceptors (Lipinski definition) is 4. The Bertz CT molecular complexity index is 718. The van der Waals surface area contributed by atoms with E-state index in [2.05, 4.69) is 0 Å². The minimum absolute atomic E-state index is 0.141. The molecule has 0 saturated heterocycles. The molecule has 0 aliphatic heterocycles. The summed E-state index contributed by atoms with van der Waals surface area (Å²) in [5, 5.41) is 9.19. The highest BCUT2D eigenvalue weighted by Crippen LogP contribution is 2.30. The summed E-state index contributed by atoms with van der Waals surface area (Å²) in [7, 11) is -3.60. The fourth-order valence-corrected chi connectivity index (χ4v) is 5.12. The third-order valence-electron chi connectivity index (χ3n) is 3.26. The largest absolute Gasteiger partial charge is 0.391 e. The summed E-state index contributed by atoms with van der Waals surface area (Å²) in [6, 6.07) is 8.97. The third kappa shape index (κ3) is 3.12. The van der Waals surface area contributed by atoms with Crippen molar-refractivity contribution in [1.82, 2.24) is 0 Å². The molecule has 4 nitrogen and oxygen atoms in total. The topological polar surface area (TPSA) is 57.6 Å². The molecule has 0 fully saturated rings. The van der Waals surface area contributed by atoms with Gasteiger partial charge in [-0.3, -0.25) is 4.31 Å². The summed E-state index contributed by atoms with van der Waals surface area (Å²) in [6.07, 6.45) is 0. The first kappa shape index (κ1) is 16.0. The number of aryl methyl sites for hydroxylation is 2. The molecule has 0 bridgehead atoms. The molecule has 0 spiro atoms. The predicted octanol–water partition coefficient (Wildman–Crippen LogP) is 3.07. The first-order valence-corrected chi connectivity index (χ1v) is 8.95. The van der Waals surface area contributed by atoms with Gasteiger partial charge in [-0.1, -0.05) is 17.7 Å². The van der Waals surface area contributed by atoms with E-state index in [0.29, 0.717) is 22.0 Å². The number of nitrogens with zero attached hydrogens (tertiary/aromatic N) is 1. The zero-order valence-corrected chi connectivity index (χ0v) is 14.0. The maximum absolute atomic E-state index is 12.8. The molecule has 1 aromatic carbocycles. The zero-order chi connectivity index (χ0) is 15.6. The van der Waals surface area contributed by atoms with Crippen molar-refractivity contribution in [2.75, 3.05) is 10.8 Å². The van der Waals surface area contributed by atoms with E-state index >= 15 is 0 Å². The van der Waals surface area contributed by atoms with Crippen LogP contribution in [0.1, 0.15) is 22.2 Å². The minimum Gasteiger partial charge on any atom is -0.391 e. The molecule has 1 aromatic heterocycles. The van der Waals surface area contributed by atoms with Gasteiger partial charge in [0, 0.05) is 16.3 Å². The van der Waals surface area contributed by atoms with Crippen LogP contribution in [0.2, 0.25) is 0 Å². The molecular weight excluding hydrogens is 306 g/mol. The Balaban J connectivity index is 2.49. The van der Waals surface area contributed by atoms with Crippen LogP contribution in [0.3, 0.4) is 0 Å². The fraction of sp³-hybridized carbons (Fsp3) is 0.333. The molecule has 0 atom stereocenters. The molecule has 1 N–H and O–H groups in total. The first-order chi connectivity index (χ1) is 9.90. The van der Waals surface area contributed by atoms with Gasteiger partial charge in [-0.05, 0) is 39.0 Å². The van der Waals surface area contributed by atoms with Gasteiger partial charge in [-0.2, -0.15) is 0 Å². The number of hydrogen-bond donors (Lipinski definition) is 1. The number of aliphatic hydroxyl groups is 1. The highest BCUT2D eigenvalue weighted by molar-refractivity contribution is 7.93. The molecule has 6 heteroatoms. The number of thiophene rings is 1. The molecule has 0 aliphatic rings. The normalized spacial score (nSPS) is 11.6. The molecule has 0 unspecified atom stereocenters. The van der Waals surface area contributed by atoms with E-state index in [1.165, 1.54) is 15.6 Å². The number of rotatable bonds is 5. The number of sulfonamides is 1. The van der Waals surface area contributed by atoms with Crippen LogP contribution in [0.5, 0.6) is 0 Å². The third-order valence-corrected chi connectivity index (χ3v) is 6.45. The van der Waals surface area contributed by atoms with Crippen molar-refractivity contribution in [2.24, 2.45) is 0 Å². The second kappa shape index (κ2) is 6.17. The molecule has 21 heavy (non-hydrogen) atoms. The van der Waals surface area contributed by atoms with Crippen molar-refractivity contribution >= 4 is 27.0 Å². The zero-order valence-electron chi connectivity index (χ0n) is 12.3. The van der Waals surface area contributed by atoms with E-state index in [0.717, 1.165) is 5.56 Å². The lowest BCUT2D eigenvalue weighted by molar-refractivity contribution is 0.285. The minimum atomic E-state index is -3.60. The van der Waals surface area contributed by atoms with Gasteiger partial charge in [-0.15, -0.1) is 11.3 Å². The van der Waals surface area contributed by atoms with Crippen molar-refractivity contribution in [3.05, 3.63) is 45.6 Å². The summed E-state index contributed by atoms with van der Waals surface area (Å²) in [6.45, 7) is 5.75. The maximum atomic E-state index is 12.8. The van der Waals surface area contributed by atoms with Gasteiger partial charge in [-0.25, -0.2) is 8.42 Å². The van der Waals surface area contributed by atoms with Crippen LogP contribution in [0, 0.1) is 13.8 Å². The van der Waals surface area contributed by atoms with Crippen LogP contribution in [-0.4, -0.2) is 20.1 Å². The molecule has 2 rings (SSSR count).